The van der Waals surface area contributed by atoms with Crippen LogP contribution in [0.5, 0.6) is 0 Å². The molecule has 0 bridgehead atoms. The van der Waals surface area contributed by atoms with E-state index in [4.69, 9.17) is 28.8 Å². The van der Waals surface area contributed by atoms with Crippen molar-refractivity contribution in [2.75, 3.05) is 0 Å². The molecule has 14 aromatic rings. The van der Waals surface area contributed by atoms with E-state index < -0.39 is 0 Å². The highest BCUT2D eigenvalue weighted by molar-refractivity contribution is 6.19. The first kappa shape index (κ1) is 34.8. The van der Waals surface area contributed by atoms with Crippen molar-refractivity contribution in [1.82, 2.24) is 29.1 Å². The number of nitrogens with zero attached hydrogens (tertiary/aromatic N) is 6. The standard InChI is InChI=1S/C56H32N6O2/c1-3-15-33(16-4-1)53-58-54(34-17-5-2-6-18-34)60-55(59-53)44-27-35(61-45-23-11-7-19-36(45)40-28-42-38-21-9-13-25-49(38)63-51(42)30-47(40)61)32-57-56(44)62-46-24-12-8-20-37(46)41-29-43-39-22-10-14-26-50(39)64-52(43)31-48(41)62/h1-32H. The van der Waals surface area contributed by atoms with Gasteiger partial charge in [-0.1, -0.05) is 133 Å². The van der Waals surface area contributed by atoms with Crippen molar-refractivity contribution >= 4 is 87.5 Å². The first-order valence-electron chi connectivity index (χ1n) is 21.3. The lowest BCUT2D eigenvalue weighted by atomic mass is 10.1. The largest absolute Gasteiger partial charge is 0.456 e. The van der Waals surface area contributed by atoms with Crippen LogP contribution in [0, 0.1) is 0 Å². The maximum Gasteiger partial charge on any atom is 0.167 e. The van der Waals surface area contributed by atoms with Gasteiger partial charge in [0.05, 0.1) is 39.5 Å². The lowest BCUT2D eigenvalue weighted by Crippen LogP contribution is -2.07. The van der Waals surface area contributed by atoms with Gasteiger partial charge in [-0.15, -0.1) is 0 Å². The second-order valence-corrected chi connectivity index (χ2v) is 16.2. The van der Waals surface area contributed by atoms with E-state index in [9.17, 15) is 0 Å². The molecule has 0 radical (unpaired) electrons. The number of rotatable bonds is 5. The van der Waals surface area contributed by atoms with Crippen LogP contribution in [0.25, 0.3) is 133 Å². The van der Waals surface area contributed by atoms with Crippen molar-refractivity contribution in [1.29, 1.82) is 0 Å². The van der Waals surface area contributed by atoms with E-state index in [1.54, 1.807) is 0 Å². The molecule has 0 N–H and O–H groups in total. The molecule has 0 unspecified atom stereocenters. The molecule has 298 valence electrons. The Morgan fingerprint density at radius 1 is 0.328 bits per heavy atom. The summed E-state index contributed by atoms with van der Waals surface area (Å²) in [7, 11) is 0. The summed E-state index contributed by atoms with van der Waals surface area (Å²) in [5.41, 5.74) is 10.7. The van der Waals surface area contributed by atoms with Crippen LogP contribution in [0.4, 0.5) is 0 Å². The molecule has 0 amide bonds. The Labute approximate surface area is 363 Å². The highest BCUT2D eigenvalue weighted by Crippen LogP contribution is 2.42. The van der Waals surface area contributed by atoms with Crippen molar-refractivity contribution in [3.05, 3.63) is 194 Å². The molecule has 0 saturated heterocycles. The highest BCUT2D eigenvalue weighted by atomic mass is 16.3. The molecule has 0 aliphatic carbocycles. The third kappa shape index (κ3) is 5.11. The van der Waals surface area contributed by atoms with Gasteiger partial charge in [-0.05, 0) is 42.5 Å². The summed E-state index contributed by atoms with van der Waals surface area (Å²) in [5.74, 6) is 2.30. The summed E-state index contributed by atoms with van der Waals surface area (Å²) >= 11 is 0. The smallest absolute Gasteiger partial charge is 0.167 e. The number of benzene rings is 8. The summed E-state index contributed by atoms with van der Waals surface area (Å²) < 4.78 is 17.5. The van der Waals surface area contributed by atoms with Gasteiger partial charge in [-0.3, -0.25) is 4.57 Å². The number of hydrogen-bond donors (Lipinski definition) is 0. The molecule has 8 nitrogen and oxygen atoms in total. The van der Waals surface area contributed by atoms with Crippen LogP contribution in [0.1, 0.15) is 0 Å². The third-order valence-electron chi connectivity index (χ3n) is 12.6. The molecule has 0 atom stereocenters. The molecule has 64 heavy (non-hydrogen) atoms. The Hall–Kier alpha value is -8.88. The molecule has 6 heterocycles. The first-order valence-corrected chi connectivity index (χ1v) is 21.3. The van der Waals surface area contributed by atoms with Gasteiger partial charge in [0.1, 0.15) is 28.1 Å². The van der Waals surface area contributed by atoms with Gasteiger partial charge >= 0.3 is 0 Å². The predicted molar refractivity (Wildman–Crippen MR) is 257 cm³/mol. The Morgan fingerprint density at radius 3 is 1.34 bits per heavy atom. The number of aromatic nitrogens is 6. The Balaban J connectivity index is 1.10. The Bertz CT molecular complexity index is 4140. The summed E-state index contributed by atoms with van der Waals surface area (Å²) in [6.07, 6.45) is 1.96. The second kappa shape index (κ2) is 13.3. The lowest BCUT2D eigenvalue weighted by molar-refractivity contribution is 0.669. The average Bonchev–Trinajstić information content (AvgIpc) is 4.10. The molecule has 0 aliphatic rings. The van der Waals surface area contributed by atoms with Gasteiger partial charge in [0, 0.05) is 66.3 Å². The monoisotopic (exact) mass is 820 g/mol. The topological polar surface area (TPSA) is 87.7 Å². The van der Waals surface area contributed by atoms with Crippen molar-refractivity contribution in [2.24, 2.45) is 0 Å². The Morgan fingerprint density at radius 2 is 0.781 bits per heavy atom. The van der Waals surface area contributed by atoms with E-state index in [2.05, 4.69) is 112 Å². The van der Waals surface area contributed by atoms with Crippen molar-refractivity contribution in [3.8, 4) is 45.7 Å². The third-order valence-corrected chi connectivity index (χ3v) is 12.6. The lowest BCUT2D eigenvalue weighted by Gasteiger charge is -2.16. The zero-order valence-corrected chi connectivity index (χ0v) is 34.0. The van der Waals surface area contributed by atoms with Crippen LogP contribution in [0.2, 0.25) is 0 Å². The maximum absolute atomic E-state index is 6.51. The van der Waals surface area contributed by atoms with Crippen LogP contribution < -0.4 is 0 Å². The summed E-state index contributed by atoms with van der Waals surface area (Å²) in [4.78, 5) is 21.2. The average molecular weight is 821 g/mol. The molecule has 0 fully saturated rings. The maximum atomic E-state index is 6.51. The minimum atomic E-state index is 0.494. The van der Waals surface area contributed by atoms with Crippen LogP contribution in [0.3, 0.4) is 0 Å². The summed E-state index contributed by atoms with van der Waals surface area (Å²) in [6.45, 7) is 0. The SMILES string of the molecule is c1ccc(-c2nc(-c3ccccc3)nc(-c3cc(-n4c5ccccc5c5cc6c(cc54)oc4ccccc46)cnc3-n3c4ccccc4c4cc5c(cc43)oc3ccccc35)n2)cc1. The fourth-order valence-corrected chi connectivity index (χ4v) is 9.72. The van der Waals surface area contributed by atoms with Gasteiger partial charge < -0.3 is 13.4 Å². The first-order chi connectivity index (χ1) is 31.7. The van der Waals surface area contributed by atoms with Crippen molar-refractivity contribution in [3.63, 3.8) is 0 Å². The predicted octanol–water partition coefficient (Wildman–Crippen LogP) is 14.3. The minimum Gasteiger partial charge on any atom is -0.456 e. The number of hydrogen-bond acceptors (Lipinski definition) is 6. The highest BCUT2D eigenvalue weighted by Gasteiger charge is 2.24. The Kier molecular flexibility index (Phi) is 7.23. The molecule has 6 aromatic heterocycles. The van der Waals surface area contributed by atoms with Crippen LogP contribution >= 0.6 is 0 Å². The number of furan rings is 2. The normalized spacial score (nSPS) is 12.1. The molecule has 0 saturated carbocycles. The van der Waals surface area contributed by atoms with Crippen molar-refractivity contribution < 1.29 is 8.83 Å². The number of fused-ring (bicyclic) bond motifs is 12. The van der Waals surface area contributed by atoms with E-state index in [1.807, 2.05) is 91.1 Å². The zero-order valence-electron chi connectivity index (χ0n) is 34.0. The van der Waals surface area contributed by atoms with E-state index in [-0.39, 0.29) is 0 Å². The van der Waals surface area contributed by atoms with Crippen LogP contribution in [0.15, 0.2) is 203 Å². The van der Waals surface area contributed by atoms with Gasteiger partial charge in [0.25, 0.3) is 0 Å². The molecule has 8 aromatic carbocycles. The van der Waals surface area contributed by atoms with E-state index >= 15 is 0 Å². The fraction of sp³-hybridized carbons (Fsp3) is 0. The second-order valence-electron chi connectivity index (χ2n) is 16.2. The molecule has 0 spiro atoms. The van der Waals surface area contributed by atoms with Gasteiger partial charge in [0.15, 0.2) is 17.5 Å². The van der Waals surface area contributed by atoms with Crippen molar-refractivity contribution in [2.45, 2.75) is 0 Å². The molecule has 14 rings (SSSR count). The molecule has 0 aliphatic heterocycles. The van der Waals surface area contributed by atoms with Crippen LogP contribution in [-0.2, 0) is 0 Å². The fourth-order valence-electron chi connectivity index (χ4n) is 9.72. The zero-order chi connectivity index (χ0) is 41.9. The summed E-state index contributed by atoms with van der Waals surface area (Å²) in [6, 6.07) is 64.6. The van der Waals surface area contributed by atoms with Gasteiger partial charge in [0.2, 0.25) is 0 Å². The molecule has 8 heteroatoms. The quantitative estimate of drug-likeness (QED) is 0.172. The van der Waals surface area contributed by atoms with E-state index in [0.29, 0.717) is 23.3 Å². The molecular weight excluding hydrogens is 789 g/mol. The number of pyridine rings is 1. The summed E-state index contributed by atoms with van der Waals surface area (Å²) in [5, 5.41) is 8.76. The van der Waals surface area contributed by atoms with Gasteiger partial charge in [-0.2, -0.15) is 0 Å². The van der Waals surface area contributed by atoms with Crippen LogP contribution in [-0.4, -0.2) is 29.1 Å². The molecular formula is C56H32N6O2. The van der Waals surface area contributed by atoms with E-state index in [1.165, 1.54) is 0 Å². The number of para-hydroxylation sites is 4. The minimum absolute atomic E-state index is 0.494. The van der Waals surface area contributed by atoms with Gasteiger partial charge in [-0.25, -0.2) is 19.9 Å². The van der Waals surface area contributed by atoms with E-state index in [0.717, 1.165) is 110 Å².